The average molecular weight is 351 g/mol. The first-order valence-electron chi connectivity index (χ1n) is 7.94. The molecule has 0 atom stereocenters. The number of hydrogen-bond donors (Lipinski definition) is 0. The van der Waals surface area contributed by atoms with Crippen LogP contribution in [0.5, 0.6) is 0 Å². The lowest BCUT2D eigenvalue weighted by Crippen LogP contribution is -2.49. The number of hydrogen-bond acceptors (Lipinski definition) is 3. The zero-order chi connectivity index (χ0) is 17.1. The summed E-state index contributed by atoms with van der Waals surface area (Å²) in [6.07, 6.45) is 3.61. The minimum absolute atomic E-state index is 0.0811. The molecular formula is C17H20ClFN4O. The molecule has 0 spiro atoms. The molecule has 3 rings (SSSR count). The van der Waals surface area contributed by atoms with Crippen LogP contribution in [0, 0.1) is 12.7 Å². The van der Waals surface area contributed by atoms with E-state index in [-0.39, 0.29) is 18.3 Å². The third kappa shape index (κ3) is 4.13. The van der Waals surface area contributed by atoms with Crippen molar-refractivity contribution in [2.24, 2.45) is 0 Å². The van der Waals surface area contributed by atoms with E-state index in [2.05, 4.69) is 10.00 Å². The fourth-order valence-electron chi connectivity index (χ4n) is 2.84. The van der Waals surface area contributed by atoms with Gasteiger partial charge in [0, 0.05) is 43.9 Å². The van der Waals surface area contributed by atoms with Crippen LogP contribution in [0.4, 0.5) is 4.39 Å². The number of benzene rings is 1. The van der Waals surface area contributed by atoms with E-state index in [0.717, 1.165) is 24.2 Å². The van der Waals surface area contributed by atoms with E-state index in [1.165, 1.54) is 12.1 Å². The van der Waals surface area contributed by atoms with Crippen LogP contribution in [-0.2, 0) is 17.9 Å². The second kappa shape index (κ2) is 7.32. The molecule has 2 aromatic rings. The molecule has 24 heavy (non-hydrogen) atoms. The number of aryl methyl sites for hydroxylation is 1. The van der Waals surface area contributed by atoms with Crippen molar-refractivity contribution in [2.75, 3.05) is 26.2 Å². The molecule has 1 fully saturated rings. The molecule has 7 heteroatoms. The Morgan fingerprint density at radius 2 is 2.04 bits per heavy atom. The molecule has 0 radical (unpaired) electrons. The fraction of sp³-hybridized carbons (Fsp3) is 0.412. The highest BCUT2D eigenvalue weighted by Crippen LogP contribution is 2.19. The summed E-state index contributed by atoms with van der Waals surface area (Å²) < 4.78 is 14.8. The summed E-state index contributed by atoms with van der Waals surface area (Å²) in [6.45, 7) is 5.80. The SMILES string of the molecule is Cc1cnn(CC(=O)N2CCN(Cc3ccc(F)cc3Cl)CC2)c1. The van der Waals surface area contributed by atoms with Gasteiger partial charge in [-0.15, -0.1) is 0 Å². The Bertz CT molecular complexity index is 725. The zero-order valence-corrected chi connectivity index (χ0v) is 14.3. The van der Waals surface area contributed by atoms with Crippen molar-refractivity contribution in [3.63, 3.8) is 0 Å². The number of aromatic nitrogens is 2. The third-order valence-electron chi connectivity index (χ3n) is 4.19. The Morgan fingerprint density at radius 1 is 1.29 bits per heavy atom. The molecular weight excluding hydrogens is 331 g/mol. The van der Waals surface area contributed by atoms with Gasteiger partial charge in [-0.1, -0.05) is 17.7 Å². The largest absolute Gasteiger partial charge is 0.339 e. The Labute approximate surface area is 145 Å². The maximum atomic E-state index is 13.1. The predicted molar refractivity (Wildman–Crippen MR) is 90.2 cm³/mol. The smallest absolute Gasteiger partial charge is 0.244 e. The molecule has 1 amide bonds. The molecule has 1 aromatic heterocycles. The topological polar surface area (TPSA) is 41.4 Å². The number of rotatable bonds is 4. The van der Waals surface area contributed by atoms with Crippen LogP contribution in [-0.4, -0.2) is 51.7 Å². The lowest BCUT2D eigenvalue weighted by atomic mass is 10.2. The van der Waals surface area contributed by atoms with Crippen molar-refractivity contribution < 1.29 is 9.18 Å². The number of halogens is 2. The van der Waals surface area contributed by atoms with Gasteiger partial charge in [0.1, 0.15) is 12.4 Å². The molecule has 0 N–H and O–H groups in total. The molecule has 0 unspecified atom stereocenters. The van der Waals surface area contributed by atoms with Crippen LogP contribution in [0.1, 0.15) is 11.1 Å². The van der Waals surface area contributed by atoms with E-state index in [1.807, 2.05) is 18.0 Å². The fourth-order valence-corrected chi connectivity index (χ4v) is 3.07. The highest BCUT2D eigenvalue weighted by molar-refractivity contribution is 6.31. The molecule has 2 heterocycles. The van der Waals surface area contributed by atoms with Gasteiger partial charge in [0.15, 0.2) is 0 Å². The summed E-state index contributed by atoms with van der Waals surface area (Å²) in [5.74, 6) is -0.245. The summed E-state index contributed by atoms with van der Waals surface area (Å²) in [7, 11) is 0. The number of carbonyl (C=O) groups is 1. The zero-order valence-electron chi connectivity index (χ0n) is 13.6. The average Bonchev–Trinajstić information content (AvgIpc) is 2.96. The van der Waals surface area contributed by atoms with Gasteiger partial charge in [-0.2, -0.15) is 5.10 Å². The van der Waals surface area contributed by atoms with Crippen LogP contribution in [0.25, 0.3) is 0 Å². The maximum Gasteiger partial charge on any atom is 0.244 e. The molecule has 1 aliphatic rings. The summed E-state index contributed by atoms with van der Waals surface area (Å²) >= 11 is 6.08. The second-order valence-electron chi connectivity index (χ2n) is 6.11. The predicted octanol–water partition coefficient (Wildman–Crippen LogP) is 2.33. The Morgan fingerprint density at radius 3 is 2.67 bits per heavy atom. The highest BCUT2D eigenvalue weighted by atomic mass is 35.5. The molecule has 1 aromatic carbocycles. The van der Waals surface area contributed by atoms with Crippen LogP contribution >= 0.6 is 11.6 Å². The van der Waals surface area contributed by atoms with Crippen molar-refractivity contribution in [3.05, 3.63) is 52.6 Å². The van der Waals surface area contributed by atoms with E-state index in [0.29, 0.717) is 24.7 Å². The molecule has 0 bridgehead atoms. The van der Waals surface area contributed by atoms with Gasteiger partial charge in [-0.3, -0.25) is 14.4 Å². The van der Waals surface area contributed by atoms with Crippen LogP contribution < -0.4 is 0 Å². The first-order chi connectivity index (χ1) is 11.5. The van der Waals surface area contributed by atoms with Gasteiger partial charge < -0.3 is 4.90 Å². The van der Waals surface area contributed by atoms with Crippen molar-refractivity contribution in [1.82, 2.24) is 19.6 Å². The van der Waals surface area contributed by atoms with E-state index in [9.17, 15) is 9.18 Å². The molecule has 128 valence electrons. The summed E-state index contributed by atoms with van der Waals surface area (Å²) in [6, 6.07) is 4.48. The lowest BCUT2D eigenvalue weighted by molar-refractivity contribution is -0.133. The van der Waals surface area contributed by atoms with E-state index < -0.39 is 0 Å². The number of nitrogens with zero attached hydrogens (tertiary/aromatic N) is 4. The van der Waals surface area contributed by atoms with Crippen molar-refractivity contribution in [1.29, 1.82) is 0 Å². The van der Waals surface area contributed by atoms with E-state index in [4.69, 9.17) is 11.6 Å². The van der Waals surface area contributed by atoms with E-state index in [1.54, 1.807) is 16.9 Å². The minimum atomic E-state index is -0.326. The molecule has 1 aliphatic heterocycles. The monoisotopic (exact) mass is 350 g/mol. The number of piperazine rings is 1. The van der Waals surface area contributed by atoms with Gasteiger partial charge in [0.05, 0.1) is 6.20 Å². The standard InChI is InChI=1S/C17H20ClFN4O/c1-13-9-20-23(10-13)12-17(24)22-6-4-21(5-7-22)11-14-2-3-15(19)8-16(14)18/h2-3,8-10H,4-7,11-12H2,1H3. The van der Waals surface area contributed by atoms with Crippen molar-refractivity contribution in [3.8, 4) is 0 Å². The Kier molecular flexibility index (Phi) is 5.16. The van der Waals surface area contributed by atoms with E-state index >= 15 is 0 Å². The van der Waals surface area contributed by atoms with Gasteiger partial charge in [0.2, 0.25) is 5.91 Å². The van der Waals surface area contributed by atoms with Crippen LogP contribution in [0.2, 0.25) is 5.02 Å². The number of amides is 1. The number of carbonyl (C=O) groups excluding carboxylic acids is 1. The first-order valence-corrected chi connectivity index (χ1v) is 8.32. The van der Waals surface area contributed by atoms with Crippen LogP contribution in [0.3, 0.4) is 0 Å². The summed E-state index contributed by atoms with van der Waals surface area (Å²) in [5, 5.41) is 4.60. The molecule has 0 saturated carbocycles. The van der Waals surface area contributed by atoms with Gasteiger partial charge in [-0.05, 0) is 30.2 Å². The van der Waals surface area contributed by atoms with Gasteiger partial charge >= 0.3 is 0 Å². The molecule has 5 nitrogen and oxygen atoms in total. The van der Waals surface area contributed by atoms with Crippen LogP contribution in [0.15, 0.2) is 30.6 Å². The Balaban J connectivity index is 1.51. The van der Waals surface area contributed by atoms with Crippen molar-refractivity contribution in [2.45, 2.75) is 20.0 Å². The Hall–Kier alpha value is -1.92. The summed E-state index contributed by atoms with van der Waals surface area (Å²) in [4.78, 5) is 16.4. The normalized spacial score (nSPS) is 15.7. The second-order valence-corrected chi connectivity index (χ2v) is 6.52. The minimum Gasteiger partial charge on any atom is -0.339 e. The summed E-state index contributed by atoms with van der Waals surface area (Å²) in [5.41, 5.74) is 1.95. The maximum absolute atomic E-state index is 13.1. The first kappa shape index (κ1) is 16.9. The highest BCUT2D eigenvalue weighted by Gasteiger charge is 2.22. The third-order valence-corrected chi connectivity index (χ3v) is 4.55. The van der Waals surface area contributed by atoms with Gasteiger partial charge in [0.25, 0.3) is 0 Å². The molecule has 0 aliphatic carbocycles. The molecule has 1 saturated heterocycles. The quantitative estimate of drug-likeness (QED) is 0.849. The van der Waals surface area contributed by atoms with Gasteiger partial charge in [-0.25, -0.2) is 4.39 Å². The lowest BCUT2D eigenvalue weighted by Gasteiger charge is -2.34. The van der Waals surface area contributed by atoms with Crippen molar-refractivity contribution >= 4 is 17.5 Å².